The Hall–Kier alpha value is -0.820. The highest BCUT2D eigenvalue weighted by molar-refractivity contribution is 5.40. The summed E-state index contributed by atoms with van der Waals surface area (Å²) in [5.74, 6) is 0.632. The maximum Gasteiger partial charge on any atom is 0.0795 e. The molecule has 0 aromatic heterocycles. The molecule has 82 valence electrons. The fourth-order valence-corrected chi connectivity index (χ4v) is 2.69. The van der Waals surface area contributed by atoms with Gasteiger partial charge in [-0.2, -0.15) is 0 Å². The second-order valence-electron chi connectivity index (χ2n) is 5.04. The zero-order valence-corrected chi connectivity index (χ0v) is 9.88. The van der Waals surface area contributed by atoms with Crippen molar-refractivity contribution in [2.45, 2.75) is 46.1 Å². The van der Waals surface area contributed by atoms with Crippen LogP contribution in [0.4, 0.5) is 0 Å². The van der Waals surface area contributed by atoms with Gasteiger partial charge in [-0.15, -0.1) is 0 Å². The molecule has 1 aliphatic carbocycles. The summed E-state index contributed by atoms with van der Waals surface area (Å²) in [6.45, 7) is 6.50. The summed E-state index contributed by atoms with van der Waals surface area (Å²) in [7, 11) is 0. The van der Waals surface area contributed by atoms with Crippen LogP contribution in [0.2, 0.25) is 0 Å². The van der Waals surface area contributed by atoms with E-state index >= 15 is 0 Å². The molecule has 0 radical (unpaired) electrons. The number of hydrogen-bond acceptors (Lipinski definition) is 1. The van der Waals surface area contributed by atoms with Gasteiger partial charge in [0, 0.05) is 0 Å². The van der Waals surface area contributed by atoms with E-state index in [2.05, 4.69) is 32.9 Å². The van der Waals surface area contributed by atoms with Crippen LogP contribution in [0.25, 0.3) is 0 Å². The van der Waals surface area contributed by atoms with E-state index < -0.39 is 0 Å². The van der Waals surface area contributed by atoms with E-state index in [4.69, 9.17) is 0 Å². The highest BCUT2D eigenvalue weighted by atomic mass is 16.3. The molecule has 15 heavy (non-hydrogen) atoms. The maximum absolute atomic E-state index is 10.2. The SMILES string of the molecule is Cc1cc(C)c2c(c1)C(O)CC(C)CC2. The number of hydrogen-bond donors (Lipinski definition) is 1. The quantitative estimate of drug-likeness (QED) is 0.643. The number of fused-ring (bicyclic) bond motifs is 1. The van der Waals surface area contributed by atoms with Crippen molar-refractivity contribution in [2.24, 2.45) is 5.92 Å². The van der Waals surface area contributed by atoms with Crippen LogP contribution in [-0.4, -0.2) is 5.11 Å². The predicted octanol–water partition coefficient (Wildman–Crippen LogP) is 3.31. The summed E-state index contributed by atoms with van der Waals surface area (Å²) in [6, 6.07) is 4.38. The van der Waals surface area contributed by atoms with Crippen molar-refractivity contribution in [1.29, 1.82) is 0 Å². The molecular weight excluding hydrogens is 184 g/mol. The molecule has 1 nitrogen and oxygen atoms in total. The molecule has 0 saturated carbocycles. The Kier molecular flexibility index (Phi) is 2.83. The first-order valence-corrected chi connectivity index (χ1v) is 5.86. The first-order chi connectivity index (χ1) is 7.08. The number of benzene rings is 1. The molecule has 2 unspecified atom stereocenters. The first kappa shape index (κ1) is 10.7. The van der Waals surface area contributed by atoms with Gasteiger partial charge in [0.15, 0.2) is 0 Å². The van der Waals surface area contributed by atoms with Crippen LogP contribution in [-0.2, 0) is 6.42 Å². The summed E-state index contributed by atoms with van der Waals surface area (Å²) >= 11 is 0. The molecule has 1 heteroatoms. The molecular formula is C14H20O. The molecule has 1 aromatic carbocycles. The van der Waals surface area contributed by atoms with Crippen molar-refractivity contribution in [3.05, 3.63) is 34.4 Å². The Morgan fingerprint density at radius 2 is 2.00 bits per heavy atom. The third kappa shape index (κ3) is 2.07. The summed E-state index contributed by atoms with van der Waals surface area (Å²) in [6.07, 6.45) is 2.99. The standard InChI is InChI=1S/C14H20O/c1-9-4-5-12-11(3)6-10(2)7-13(12)14(15)8-9/h6-7,9,14-15H,4-5,8H2,1-3H3. The third-order valence-electron chi connectivity index (χ3n) is 3.52. The number of aryl methyl sites for hydroxylation is 2. The molecule has 2 atom stereocenters. The fourth-order valence-electron chi connectivity index (χ4n) is 2.69. The van der Waals surface area contributed by atoms with Gasteiger partial charge < -0.3 is 5.11 Å². The minimum Gasteiger partial charge on any atom is -0.388 e. The van der Waals surface area contributed by atoms with E-state index in [1.54, 1.807) is 0 Å². The number of rotatable bonds is 0. The normalized spacial score (nSPS) is 25.9. The average Bonchev–Trinajstić information content (AvgIpc) is 2.27. The van der Waals surface area contributed by atoms with Crippen molar-refractivity contribution in [2.75, 3.05) is 0 Å². The lowest BCUT2D eigenvalue weighted by Gasteiger charge is -2.15. The van der Waals surface area contributed by atoms with Gasteiger partial charge in [-0.3, -0.25) is 0 Å². The molecule has 0 fully saturated rings. The third-order valence-corrected chi connectivity index (χ3v) is 3.52. The largest absolute Gasteiger partial charge is 0.388 e. The van der Waals surface area contributed by atoms with E-state index in [-0.39, 0.29) is 6.10 Å². The number of aliphatic hydroxyl groups excluding tert-OH is 1. The van der Waals surface area contributed by atoms with Crippen LogP contribution >= 0.6 is 0 Å². The lowest BCUT2D eigenvalue weighted by molar-refractivity contribution is 0.150. The highest BCUT2D eigenvalue weighted by Gasteiger charge is 2.21. The van der Waals surface area contributed by atoms with Crippen molar-refractivity contribution in [3.63, 3.8) is 0 Å². The number of aliphatic hydroxyl groups is 1. The first-order valence-electron chi connectivity index (χ1n) is 5.86. The van der Waals surface area contributed by atoms with E-state index in [0.717, 1.165) is 12.8 Å². The second-order valence-corrected chi connectivity index (χ2v) is 5.04. The molecule has 1 aromatic rings. The Morgan fingerprint density at radius 1 is 1.27 bits per heavy atom. The summed E-state index contributed by atoms with van der Waals surface area (Å²) in [4.78, 5) is 0. The Morgan fingerprint density at radius 3 is 2.73 bits per heavy atom. The lowest BCUT2D eigenvalue weighted by atomic mass is 9.94. The van der Waals surface area contributed by atoms with Crippen LogP contribution in [0.1, 0.15) is 48.1 Å². The van der Waals surface area contributed by atoms with Gasteiger partial charge in [0.05, 0.1) is 6.10 Å². The molecule has 0 aliphatic heterocycles. The van der Waals surface area contributed by atoms with Crippen molar-refractivity contribution >= 4 is 0 Å². The lowest BCUT2D eigenvalue weighted by Crippen LogP contribution is -2.03. The Labute approximate surface area is 92.1 Å². The highest BCUT2D eigenvalue weighted by Crippen LogP contribution is 2.33. The van der Waals surface area contributed by atoms with Crippen molar-refractivity contribution < 1.29 is 5.11 Å². The zero-order valence-electron chi connectivity index (χ0n) is 9.88. The minimum atomic E-state index is -0.254. The van der Waals surface area contributed by atoms with Gasteiger partial charge in [-0.1, -0.05) is 24.6 Å². The van der Waals surface area contributed by atoms with E-state index in [1.807, 2.05) is 0 Å². The topological polar surface area (TPSA) is 20.2 Å². The zero-order chi connectivity index (χ0) is 11.0. The maximum atomic E-state index is 10.2. The predicted molar refractivity (Wildman–Crippen MR) is 63.0 cm³/mol. The smallest absolute Gasteiger partial charge is 0.0795 e. The molecule has 0 bridgehead atoms. The van der Waals surface area contributed by atoms with Crippen LogP contribution < -0.4 is 0 Å². The van der Waals surface area contributed by atoms with Gasteiger partial charge in [-0.05, 0) is 55.7 Å². The van der Waals surface area contributed by atoms with E-state index in [1.165, 1.54) is 28.7 Å². The van der Waals surface area contributed by atoms with Crippen LogP contribution in [0.3, 0.4) is 0 Å². The molecule has 1 N–H and O–H groups in total. The van der Waals surface area contributed by atoms with Gasteiger partial charge in [0.2, 0.25) is 0 Å². The summed E-state index contributed by atoms with van der Waals surface area (Å²) in [5, 5.41) is 10.2. The fraction of sp³-hybridized carbons (Fsp3) is 0.571. The van der Waals surface area contributed by atoms with E-state index in [0.29, 0.717) is 5.92 Å². The minimum absolute atomic E-state index is 0.254. The van der Waals surface area contributed by atoms with Crippen LogP contribution in [0.15, 0.2) is 12.1 Å². The van der Waals surface area contributed by atoms with Gasteiger partial charge in [0.25, 0.3) is 0 Å². The van der Waals surface area contributed by atoms with Crippen molar-refractivity contribution in [3.8, 4) is 0 Å². The Bertz CT molecular complexity index is 368. The Balaban J connectivity index is 2.48. The molecule has 0 saturated heterocycles. The molecule has 0 spiro atoms. The molecule has 0 amide bonds. The van der Waals surface area contributed by atoms with Crippen molar-refractivity contribution in [1.82, 2.24) is 0 Å². The molecule has 1 aliphatic rings. The van der Waals surface area contributed by atoms with E-state index in [9.17, 15) is 5.11 Å². The summed E-state index contributed by atoms with van der Waals surface area (Å²) < 4.78 is 0. The molecule has 0 heterocycles. The monoisotopic (exact) mass is 204 g/mol. The van der Waals surface area contributed by atoms with Gasteiger partial charge >= 0.3 is 0 Å². The van der Waals surface area contributed by atoms with Gasteiger partial charge in [0.1, 0.15) is 0 Å². The van der Waals surface area contributed by atoms with Crippen LogP contribution in [0.5, 0.6) is 0 Å². The second kappa shape index (κ2) is 3.97. The van der Waals surface area contributed by atoms with Gasteiger partial charge in [-0.25, -0.2) is 0 Å². The molecule has 2 rings (SSSR count). The van der Waals surface area contributed by atoms with Crippen LogP contribution in [0, 0.1) is 19.8 Å². The average molecular weight is 204 g/mol. The summed E-state index contributed by atoms with van der Waals surface area (Å²) in [5.41, 5.74) is 5.17.